The smallest absolute Gasteiger partial charge is 0.430 e. The average molecular weight is 246 g/mol. The maximum Gasteiger partial charge on any atom is 0.514 e. The van der Waals surface area contributed by atoms with Crippen molar-refractivity contribution in [2.45, 2.75) is 6.18 Å². The van der Waals surface area contributed by atoms with Crippen LogP contribution in [-0.4, -0.2) is 12.8 Å². The fourth-order valence-electron chi connectivity index (χ4n) is 0.989. The van der Waals surface area contributed by atoms with E-state index in [9.17, 15) is 18.0 Å². The van der Waals surface area contributed by atoms with E-state index in [1.807, 2.05) is 0 Å². The minimum atomic E-state index is -4.48. The normalized spacial score (nSPS) is 10.8. The van der Waals surface area contributed by atoms with Crippen molar-refractivity contribution in [3.05, 3.63) is 42.5 Å². The number of hydrogen-bond acceptors (Lipinski definition) is 3. The van der Waals surface area contributed by atoms with Gasteiger partial charge < -0.3 is 9.47 Å². The quantitative estimate of drug-likeness (QED) is 0.465. The molecule has 17 heavy (non-hydrogen) atoms. The molecule has 3 nitrogen and oxygen atoms in total. The summed E-state index contributed by atoms with van der Waals surface area (Å²) in [7, 11) is 0. The summed E-state index contributed by atoms with van der Waals surface area (Å²) in [6.07, 6.45) is -4.25. The molecule has 0 aliphatic carbocycles. The van der Waals surface area contributed by atoms with E-state index in [1.165, 1.54) is 12.1 Å². The molecule has 0 aliphatic rings. The Morgan fingerprint density at radius 3 is 2.71 bits per heavy atom. The van der Waals surface area contributed by atoms with Crippen molar-refractivity contribution in [3.8, 4) is 5.75 Å². The van der Waals surface area contributed by atoms with E-state index in [4.69, 9.17) is 0 Å². The molecule has 0 bridgehead atoms. The Labute approximate surface area is 95.5 Å². The minimum Gasteiger partial charge on any atom is -0.430 e. The maximum atomic E-state index is 12.3. The van der Waals surface area contributed by atoms with Gasteiger partial charge in [0.1, 0.15) is 12.4 Å². The third kappa shape index (κ3) is 4.18. The molecule has 0 saturated heterocycles. The number of halogens is 3. The molecule has 0 spiro atoms. The summed E-state index contributed by atoms with van der Waals surface area (Å²) in [5, 5.41) is 0. The molecule has 0 radical (unpaired) electrons. The summed E-state index contributed by atoms with van der Waals surface area (Å²) >= 11 is 0. The Morgan fingerprint density at radius 1 is 1.41 bits per heavy atom. The second-order valence-electron chi connectivity index (χ2n) is 2.98. The van der Waals surface area contributed by atoms with Crippen LogP contribution in [0.25, 0.3) is 0 Å². The Morgan fingerprint density at radius 2 is 2.12 bits per heavy atom. The first-order valence-electron chi connectivity index (χ1n) is 4.56. The highest BCUT2D eigenvalue weighted by Crippen LogP contribution is 2.31. The van der Waals surface area contributed by atoms with Crippen LogP contribution in [-0.2, 0) is 10.9 Å². The summed E-state index contributed by atoms with van der Waals surface area (Å²) in [6.45, 7) is 3.23. The zero-order chi connectivity index (χ0) is 12.9. The van der Waals surface area contributed by atoms with Gasteiger partial charge in [-0.25, -0.2) is 4.79 Å². The first-order chi connectivity index (χ1) is 7.93. The van der Waals surface area contributed by atoms with Gasteiger partial charge >= 0.3 is 12.3 Å². The number of rotatable bonds is 3. The lowest BCUT2D eigenvalue weighted by atomic mass is 10.2. The number of hydrogen-bond donors (Lipinski definition) is 0. The van der Waals surface area contributed by atoms with E-state index in [0.717, 1.165) is 18.2 Å². The summed E-state index contributed by atoms with van der Waals surface area (Å²) in [5.41, 5.74) is -0.897. The van der Waals surface area contributed by atoms with Gasteiger partial charge in [0.05, 0.1) is 5.56 Å². The lowest BCUT2D eigenvalue weighted by Gasteiger charge is -2.08. The molecule has 0 unspecified atom stereocenters. The topological polar surface area (TPSA) is 35.5 Å². The number of ether oxygens (including phenoxy) is 2. The van der Waals surface area contributed by atoms with E-state index in [-0.39, 0.29) is 12.4 Å². The zero-order valence-corrected chi connectivity index (χ0v) is 8.66. The van der Waals surface area contributed by atoms with Gasteiger partial charge in [-0.05, 0) is 18.2 Å². The highest BCUT2D eigenvalue weighted by molar-refractivity contribution is 5.64. The third-order valence-corrected chi connectivity index (χ3v) is 1.68. The van der Waals surface area contributed by atoms with Crippen LogP contribution in [0.2, 0.25) is 0 Å². The fraction of sp³-hybridized carbons (Fsp3) is 0.182. The van der Waals surface area contributed by atoms with Crippen LogP contribution in [0.4, 0.5) is 18.0 Å². The summed E-state index contributed by atoms with van der Waals surface area (Å²) in [6, 6.07) is 3.96. The van der Waals surface area contributed by atoms with Crippen LogP contribution in [0.15, 0.2) is 36.9 Å². The zero-order valence-electron chi connectivity index (χ0n) is 8.66. The molecule has 1 aromatic rings. The Balaban J connectivity index is 2.72. The van der Waals surface area contributed by atoms with Crippen LogP contribution < -0.4 is 4.74 Å². The molecule has 0 aromatic heterocycles. The van der Waals surface area contributed by atoms with Crippen molar-refractivity contribution in [2.24, 2.45) is 0 Å². The van der Waals surface area contributed by atoms with Crippen molar-refractivity contribution in [1.82, 2.24) is 0 Å². The molecule has 0 atom stereocenters. The lowest BCUT2D eigenvalue weighted by molar-refractivity contribution is -0.137. The van der Waals surface area contributed by atoms with E-state index >= 15 is 0 Å². The molecule has 0 fully saturated rings. The van der Waals surface area contributed by atoms with Gasteiger partial charge in [-0.1, -0.05) is 18.7 Å². The van der Waals surface area contributed by atoms with Crippen molar-refractivity contribution in [2.75, 3.05) is 6.61 Å². The molecular formula is C11H9F3O3. The van der Waals surface area contributed by atoms with Crippen molar-refractivity contribution in [1.29, 1.82) is 0 Å². The van der Waals surface area contributed by atoms with Crippen LogP contribution >= 0.6 is 0 Å². The fourth-order valence-corrected chi connectivity index (χ4v) is 0.989. The molecule has 0 aliphatic heterocycles. The van der Waals surface area contributed by atoms with Gasteiger partial charge in [-0.2, -0.15) is 13.2 Å². The van der Waals surface area contributed by atoms with E-state index in [1.54, 1.807) is 0 Å². The Bertz CT molecular complexity index is 413. The van der Waals surface area contributed by atoms with Gasteiger partial charge in [-0.3, -0.25) is 0 Å². The Kier molecular flexibility index (Phi) is 4.14. The monoisotopic (exact) mass is 246 g/mol. The number of alkyl halides is 3. The standard InChI is InChI=1S/C11H9F3O3/c1-2-6-16-10(15)17-9-5-3-4-8(7-9)11(12,13)14/h2-5,7H,1,6H2. The van der Waals surface area contributed by atoms with Crippen molar-refractivity contribution < 1.29 is 27.4 Å². The van der Waals surface area contributed by atoms with E-state index < -0.39 is 17.9 Å². The molecule has 1 aromatic carbocycles. The Hall–Kier alpha value is -1.98. The largest absolute Gasteiger partial charge is 0.514 e. The number of carbonyl (C=O) groups excluding carboxylic acids is 1. The van der Waals surface area contributed by atoms with E-state index in [0.29, 0.717) is 0 Å². The first kappa shape index (κ1) is 13.1. The second kappa shape index (κ2) is 5.38. The summed E-state index contributed by atoms with van der Waals surface area (Å²) in [5.74, 6) is -0.228. The van der Waals surface area contributed by atoms with Gasteiger partial charge in [0, 0.05) is 0 Å². The summed E-state index contributed by atoms with van der Waals surface area (Å²) in [4.78, 5) is 11.0. The van der Waals surface area contributed by atoms with Crippen LogP contribution in [0, 0.1) is 0 Å². The molecule has 0 saturated carbocycles. The highest BCUT2D eigenvalue weighted by Gasteiger charge is 2.30. The molecule has 6 heteroatoms. The van der Waals surface area contributed by atoms with Crippen LogP contribution in [0.5, 0.6) is 5.75 Å². The third-order valence-electron chi connectivity index (χ3n) is 1.68. The molecule has 0 N–H and O–H groups in total. The van der Waals surface area contributed by atoms with E-state index in [2.05, 4.69) is 16.1 Å². The minimum absolute atomic E-state index is 0.0716. The van der Waals surface area contributed by atoms with Crippen LogP contribution in [0.1, 0.15) is 5.56 Å². The van der Waals surface area contributed by atoms with Gasteiger partial charge in [-0.15, -0.1) is 0 Å². The second-order valence-corrected chi connectivity index (χ2v) is 2.98. The molecule has 0 amide bonds. The highest BCUT2D eigenvalue weighted by atomic mass is 19.4. The lowest BCUT2D eigenvalue weighted by Crippen LogP contribution is -2.11. The predicted molar refractivity (Wildman–Crippen MR) is 53.6 cm³/mol. The predicted octanol–water partition coefficient (Wildman–Crippen LogP) is 3.41. The van der Waals surface area contributed by atoms with Gasteiger partial charge in [0.15, 0.2) is 0 Å². The van der Waals surface area contributed by atoms with Gasteiger partial charge in [0.2, 0.25) is 0 Å². The van der Waals surface area contributed by atoms with Crippen molar-refractivity contribution in [3.63, 3.8) is 0 Å². The van der Waals surface area contributed by atoms with Gasteiger partial charge in [0.25, 0.3) is 0 Å². The molecule has 0 heterocycles. The van der Waals surface area contributed by atoms with Crippen molar-refractivity contribution >= 4 is 6.16 Å². The average Bonchev–Trinajstić information content (AvgIpc) is 2.25. The number of benzene rings is 1. The molecule has 92 valence electrons. The summed E-state index contributed by atoms with van der Waals surface area (Å²) < 4.78 is 46.0. The SMILES string of the molecule is C=CCOC(=O)Oc1cccc(C(F)(F)F)c1. The number of carbonyl (C=O) groups is 1. The molecular weight excluding hydrogens is 237 g/mol. The maximum absolute atomic E-state index is 12.3. The van der Waals surface area contributed by atoms with Crippen LogP contribution in [0.3, 0.4) is 0 Å². The first-order valence-corrected chi connectivity index (χ1v) is 4.56. The molecule has 1 rings (SSSR count).